The third kappa shape index (κ3) is 3.19. The smallest absolute Gasteiger partial charge is 0.240 e. The van der Waals surface area contributed by atoms with Gasteiger partial charge >= 0.3 is 0 Å². The molecule has 0 heterocycles. The molecule has 3 N–H and O–H groups in total. The summed E-state index contributed by atoms with van der Waals surface area (Å²) < 4.78 is 26.9. The molecule has 0 saturated carbocycles. The lowest BCUT2D eigenvalue weighted by Gasteiger charge is -2.12. The molecule has 0 aromatic heterocycles. The van der Waals surface area contributed by atoms with Crippen LogP contribution in [0, 0.1) is 0 Å². The van der Waals surface area contributed by atoms with E-state index in [4.69, 9.17) is 5.73 Å². The average Bonchev–Trinajstić information content (AvgIpc) is 2.82. The fraction of sp³-hybridized carbons (Fsp3) is 0.385. The Morgan fingerprint density at radius 3 is 2.33 bits per heavy atom. The van der Waals surface area contributed by atoms with Crippen molar-refractivity contribution < 1.29 is 8.42 Å². The Bertz CT molecular complexity index is 512. The van der Waals surface area contributed by atoms with Crippen molar-refractivity contribution >= 4 is 10.0 Å². The number of sulfonamides is 1. The molecule has 1 aromatic rings. The second kappa shape index (κ2) is 5.65. The summed E-state index contributed by atoms with van der Waals surface area (Å²) in [4.78, 5) is 0.315. The summed E-state index contributed by atoms with van der Waals surface area (Å²) in [6.45, 7) is 0.568. The van der Waals surface area contributed by atoms with E-state index < -0.39 is 10.0 Å². The summed E-state index contributed by atoms with van der Waals surface area (Å²) in [5.74, 6) is 0. The Balaban J connectivity index is 2.08. The maximum absolute atomic E-state index is 12.1. The predicted molar refractivity (Wildman–Crippen MR) is 71.7 cm³/mol. The molecule has 1 aliphatic rings. The number of nitrogens with two attached hydrogens (primary N) is 1. The van der Waals surface area contributed by atoms with E-state index in [1.54, 1.807) is 12.1 Å². The highest BCUT2D eigenvalue weighted by Crippen LogP contribution is 2.15. The highest BCUT2D eigenvalue weighted by atomic mass is 32.2. The minimum atomic E-state index is -3.40. The molecule has 0 bridgehead atoms. The zero-order chi connectivity index (χ0) is 13.0. The van der Waals surface area contributed by atoms with Crippen LogP contribution in [0.5, 0.6) is 0 Å². The van der Waals surface area contributed by atoms with Crippen molar-refractivity contribution in [1.82, 2.24) is 4.72 Å². The van der Waals surface area contributed by atoms with Gasteiger partial charge in [0.1, 0.15) is 0 Å². The zero-order valence-corrected chi connectivity index (χ0v) is 11.0. The number of benzene rings is 1. The highest BCUT2D eigenvalue weighted by molar-refractivity contribution is 7.89. The van der Waals surface area contributed by atoms with Crippen molar-refractivity contribution in [2.24, 2.45) is 5.73 Å². The van der Waals surface area contributed by atoms with Crippen molar-refractivity contribution in [3.05, 3.63) is 42.0 Å². The zero-order valence-electron chi connectivity index (χ0n) is 10.2. The molecule has 0 atom stereocenters. The van der Waals surface area contributed by atoms with E-state index in [1.807, 2.05) is 24.3 Å². The molecule has 4 nitrogen and oxygen atoms in total. The third-order valence-corrected chi connectivity index (χ3v) is 4.53. The van der Waals surface area contributed by atoms with Crippen molar-refractivity contribution in [1.29, 1.82) is 0 Å². The Hall–Kier alpha value is -1.17. The first kappa shape index (κ1) is 13.3. The molecule has 2 rings (SSSR count). The minimum absolute atomic E-state index is 0.00119. The number of nitrogens with one attached hydrogen (secondary N) is 1. The van der Waals surface area contributed by atoms with E-state index in [9.17, 15) is 8.42 Å². The standard InChI is InChI=1S/C13H18N2O2S/c14-10-9-11-5-7-13(8-6-11)18(16,17)15-12-3-1-2-4-12/h1-2,5-8,12,15H,3-4,9-10,14H2. The van der Waals surface area contributed by atoms with Gasteiger partial charge in [0.05, 0.1) is 4.90 Å². The van der Waals surface area contributed by atoms with Gasteiger partial charge in [-0.1, -0.05) is 24.3 Å². The van der Waals surface area contributed by atoms with Crippen molar-refractivity contribution in [2.45, 2.75) is 30.2 Å². The first-order valence-corrected chi connectivity index (χ1v) is 7.56. The van der Waals surface area contributed by atoms with Gasteiger partial charge in [-0.3, -0.25) is 0 Å². The van der Waals surface area contributed by atoms with E-state index in [0.29, 0.717) is 11.4 Å². The van der Waals surface area contributed by atoms with Gasteiger partial charge in [0.2, 0.25) is 10.0 Å². The Kier molecular flexibility index (Phi) is 4.16. The topological polar surface area (TPSA) is 72.2 Å². The molecule has 98 valence electrons. The fourth-order valence-corrected chi connectivity index (χ4v) is 3.26. The van der Waals surface area contributed by atoms with Crippen LogP contribution in [0.25, 0.3) is 0 Å². The molecule has 0 spiro atoms. The lowest BCUT2D eigenvalue weighted by molar-refractivity contribution is 0.557. The maximum atomic E-state index is 12.1. The monoisotopic (exact) mass is 266 g/mol. The van der Waals surface area contributed by atoms with Gasteiger partial charge in [-0.05, 0) is 43.5 Å². The summed E-state index contributed by atoms with van der Waals surface area (Å²) in [5.41, 5.74) is 6.51. The van der Waals surface area contributed by atoms with Crippen LogP contribution in [0.4, 0.5) is 0 Å². The van der Waals surface area contributed by atoms with E-state index in [-0.39, 0.29) is 6.04 Å². The third-order valence-electron chi connectivity index (χ3n) is 3.00. The quantitative estimate of drug-likeness (QED) is 0.786. The summed E-state index contributed by atoms with van der Waals surface area (Å²) in [7, 11) is -3.40. The SMILES string of the molecule is NCCc1ccc(S(=O)(=O)NC2CC=CC2)cc1. The van der Waals surface area contributed by atoms with Crippen LogP contribution in [-0.4, -0.2) is 21.0 Å². The number of hydrogen-bond donors (Lipinski definition) is 2. The average molecular weight is 266 g/mol. The van der Waals surface area contributed by atoms with Gasteiger partial charge in [-0.15, -0.1) is 0 Å². The van der Waals surface area contributed by atoms with Gasteiger partial charge in [0.15, 0.2) is 0 Å². The summed E-state index contributed by atoms with van der Waals surface area (Å²) in [5, 5.41) is 0. The molecule has 0 saturated heterocycles. The molecule has 0 aliphatic heterocycles. The summed E-state index contributed by atoms with van der Waals surface area (Å²) in [6.07, 6.45) is 6.30. The normalized spacial score (nSPS) is 16.3. The van der Waals surface area contributed by atoms with Gasteiger partial charge in [0, 0.05) is 6.04 Å². The van der Waals surface area contributed by atoms with Gasteiger partial charge in [0.25, 0.3) is 0 Å². The molecule has 0 amide bonds. The van der Waals surface area contributed by atoms with E-state index in [2.05, 4.69) is 4.72 Å². The maximum Gasteiger partial charge on any atom is 0.240 e. The molecule has 18 heavy (non-hydrogen) atoms. The van der Waals surface area contributed by atoms with Crippen LogP contribution in [0.15, 0.2) is 41.3 Å². The molecule has 1 aromatic carbocycles. The summed E-state index contributed by atoms with van der Waals surface area (Å²) in [6, 6.07) is 6.90. The van der Waals surface area contributed by atoms with Crippen LogP contribution in [0.3, 0.4) is 0 Å². The van der Waals surface area contributed by atoms with Gasteiger partial charge in [-0.25, -0.2) is 13.1 Å². The fourth-order valence-electron chi connectivity index (χ4n) is 2.00. The van der Waals surface area contributed by atoms with Crippen LogP contribution < -0.4 is 10.5 Å². The van der Waals surface area contributed by atoms with Crippen LogP contribution >= 0.6 is 0 Å². The Morgan fingerprint density at radius 1 is 1.17 bits per heavy atom. The van der Waals surface area contributed by atoms with Crippen molar-refractivity contribution in [3.8, 4) is 0 Å². The molecular formula is C13H18N2O2S. The lowest BCUT2D eigenvalue weighted by Crippen LogP contribution is -2.32. The Labute approximate surface area is 108 Å². The van der Waals surface area contributed by atoms with Crippen LogP contribution in [-0.2, 0) is 16.4 Å². The van der Waals surface area contributed by atoms with E-state index >= 15 is 0 Å². The van der Waals surface area contributed by atoms with Gasteiger partial charge in [-0.2, -0.15) is 0 Å². The molecule has 0 fully saturated rings. The van der Waals surface area contributed by atoms with Gasteiger partial charge < -0.3 is 5.73 Å². The van der Waals surface area contributed by atoms with Crippen LogP contribution in [0.1, 0.15) is 18.4 Å². The van der Waals surface area contributed by atoms with Crippen molar-refractivity contribution in [2.75, 3.05) is 6.54 Å². The Morgan fingerprint density at radius 2 is 1.78 bits per heavy atom. The second-order valence-corrected chi connectivity index (χ2v) is 6.16. The minimum Gasteiger partial charge on any atom is -0.330 e. The number of hydrogen-bond acceptors (Lipinski definition) is 3. The molecule has 0 unspecified atom stereocenters. The molecule has 5 heteroatoms. The van der Waals surface area contributed by atoms with E-state index in [1.165, 1.54) is 0 Å². The first-order valence-electron chi connectivity index (χ1n) is 6.08. The predicted octanol–water partition coefficient (Wildman–Crippen LogP) is 1.18. The summed E-state index contributed by atoms with van der Waals surface area (Å²) >= 11 is 0. The first-order chi connectivity index (χ1) is 8.62. The van der Waals surface area contributed by atoms with Crippen molar-refractivity contribution in [3.63, 3.8) is 0 Å². The lowest BCUT2D eigenvalue weighted by atomic mass is 10.2. The molecule has 0 radical (unpaired) electrons. The highest BCUT2D eigenvalue weighted by Gasteiger charge is 2.20. The van der Waals surface area contributed by atoms with E-state index in [0.717, 1.165) is 24.8 Å². The van der Waals surface area contributed by atoms with Crippen LogP contribution in [0.2, 0.25) is 0 Å². The number of rotatable bonds is 5. The largest absolute Gasteiger partial charge is 0.330 e. The molecular weight excluding hydrogens is 248 g/mol. The molecule has 1 aliphatic carbocycles. The second-order valence-electron chi connectivity index (χ2n) is 4.44.